The lowest BCUT2D eigenvalue weighted by molar-refractivity contribution is -0.0612. The van der Waals surface area contributed by atoms with Gasteiger partial charge in [0.1, 0.15) is 0 Å². The largest absolute Gasteiger partial charge is 0.387 e. The predicted octanol–water partition coefficient (Wildman–Crippen LogP) is 1.57. The molecule has 1 unspecified atom stereocenters. The van der Waals surface area contributed by atoms with Gasteiger partial charge in [0.05, 0.1) is 12.2 Å². The van der Waals surface area contributed by atoms with Crippen LogP contribution in [0.2, 0.25) is 0 Å². The number of rotatable bonds is 5. The van der Waals surface area contributed by atoms with Gasteiger partial charge in [0, 0.05) is 6.61 Å². The molecule has 0 aromatic carbocycles. The lowest BCUT2D eigenvalue weighted by Gasteiger charge is -2.25. The van der Waals surface area contributed by atoms with Crippen LogP contribution in [0.4, 0.5) is 0 Å². The molecule has 0 spiro atoms. The summed E-state index contributed by atoms with van der Waals surface area (Å²) in [7, 11) is 0. The zero-order chi connectivity index (χ0) is 8.32. The highest BCUT2D eigenvalue weighted by Gasteiger charge is 2.42. The number of ether oxygens (including phenoxy) is 1. The van der Waals surface area contributed by atoms with Crippen molar-refractivity contribution in [2.75, 3.05) is 13.2 Å². The summed E-state index contributed by atoms with van der Waals surface area (Å²) in [4.78, 5) is 0. The Morgan fingerprint density at radius 3 is 2.45 bits per heavy atom. The topological polar surface area (TPSA) is 29.5 Å². The molecular formula is C9H18O2. The van der Waals surface area contributed by atoms with Crippen LogP contribution in [0.5, 0.6) is 0 Å². The highest BCUT2D eigenvalue weighted by Crippen LogP contribution is 2.41. The van der Waals surface area contributed by atoms with E-state index in [0.29, 0.717) is 19.1 Å². The van der Waals surface area contributed by atoms with Crippen molar-refractivity contribution in [3.05, 3.63) is 0 Å². The first-order valence-corrected chi connectivity index (χ1v) is 4.53. The Kier molecular flexibility index (Phi) is 2.90. The Morgan fingerprint density at radius 1 is 1.45 bits per heavy atom. The van der Waals surface area contributed by atoms with Gasteiger partial charge < -0.3 is 9.84 Å². The fourth-order valence-corrected chi connectivity index (χ4v) is 1.41. The van der Waals surface area contributed by atoms with E-state index in [0.717, 1.165) is 6.42 Å². The molecule has 1 aliphatic carbocycles. The van der Waals surface area contributed by atoms with Crippen LogP contribution in [-0.4, -0.2) is 23.9 Å². The van der Waals surface area contributed by atoms with Crippen LogP contribution in [0.25, 0.3) is 0 Å². The van der Waals surface area contributed by atoms with Crippen molar-refractivity contribution in [2.45, 2.75) is 38.7 Å². The summed E-state index contributed by atoms with van der Waals surface area (Å²) in [6.45, 7) is 5.21. The molecule has 0 aromatic rings. The molecule has 0 radical (unpaired) electrons. The smallest absolute Gasteiger partial charge is 0.0905 e. The second kappa shape index (κ2) is 3.55. The molecule has 1 atom stereocenters. The monoisotopic (exact) mass is 158 g/mol. The summed E-state index contributed by atoms with van der Waals surface area (Å²) in [6, 6.07) is 0. The van der Waals surface area contributed by atoms with Gasteiger partial charge in [-0.2, -0.15) is 0 Å². The molecule has 0 heterocycles. The molecule has 1 aliphatic rings. The highest BCUT2D eigenvalue weighted by atomic mass is 16.5. The maximum atomic E-state index is 9.97. The molecule has 11 heavy (non-hydrogen) atoms. The average molecular weight is 158 g/mol. The summed E-state index contributed by atoms with van der Waals surface area (Å²) in [5.41, 5.74) is -0.518. The number of hydrogen-bond acceptors (Lipinski definition) is 2. The van der Waals surface area contributed by atoms with Gasteiger partial charge in [0.15, 0.2) is 0 Å². The zero-order valence-corrected chi connectivity index (χ0v) is 7.47. The lowest BCUT2D eigenvalue weighted by atomic mass is 9.96. The minimum absolute atomic E-state index is 0.513. The van der Waals surface area contributed by atoms with Crippen molar-refractivity contribution in [1.82, 2.24) is 0 Å². The average Bonchev–Trinajstić information content (AvgIpc) is 2.82. The van der Waals surface area contributed by atoms with Crippen LogP contribution < -0.4 is 0 Å². The Morgan fingerprint density at radius 2 is 2.09 bits per heavy atom. The molecule has 0 bridgehead atoms. The maximum absolute atomic E-state index is 9.97. The molecule has 66 valence electrons. The van der Waals surface area contributed by atoms with Crippen molar-refractivity contribution in [3.8, 4) is 0 Å². The van der Waals surface area contributed by atoms with Gasteiger partial charge in [-0.1, -0.05) is 6.92 Å². The van der Waals surface area contributed by atoms with E-state index in [1.807, 2.05) is 13.8 Å². The Hall–Kier alpha value is -0.0800. The lowest BCUT2D eigenvalue weighted by Crippen LogP contribution is -2.36. The summed E-state index contributed by atoms with van der Waals surface area (Å²) >= 11 is 0. The first kappa shape index (κ1) is 9.01. The van der Waals surface area contributed by atoms with Gasteiger partial charge in [-0.3, -0.25) is 0 Å². The molecule has 1 saturated carbocycles. The van der Waals surface area contributed by atoms with Crippen molar-refractivity contribution in [2.24, 2.45) is 5.92 Å². The Labute approximate surface area is 68.6 Å². The van der Waals surface area contributed by atoms with E-state index in [2.05, 4.69) is 0 Å². The molecule has 0 aliphatic heterocycles. The second-order valence-electron chi connectivity index (χ2n) is 3.37. The number of hydrogen-bond donors (Lipinski definition) is 1. The molecule has 0 saturated heterocycles. The molecule has 2 heteroatoms. The van der Waals surface area contributed by atoms with Crippen molar-refractivity contribution >= 4 is 0 Å². The third-order valence-electron chi connectivity index (χ3n) is 2.51. The summed E-state index contributed by atoms with van der Waals surface area (Å²) in [5, 5.41) is 9.97. The zero-order valence-electron chi connectivity index (χ0n) is 7.47. The van der Waals surface area contributed by atoms with Gasteiger partial charge in [-0.05, 0) is 32.1 Å². The van der Waals surface area contributed by atoms with Crippen molar-refractivity contribution < 1.29 is 9.84 Å². The molecule has 1 rings (SSSR count). The van der Waals surface area contributed by atoms with Crippen LogP contribution in [0.15, 0.2) is 0 Å². The second-order valence-corrected chi connectivity index (χ2v) is 3.37. The van der Waals surface area contributed by atoms with Crippen LogP contribution in [0, 0.1) is 5.92 Å². The van der Waals surface area contributed by atoms with E-state index >= 15 is 0 Å². The minimum atomic E-state index is -0.518. The van der Waals surface area contributed by atoms with Gasteiger partial charge >= 0.3 is 0 Å². The first-order valence-electron chi connectivity index (χ1n) is 4.53. The molecule has 0 aromatic heterocycles. The van der Waals surface area contributed by atoms with E-state index < -0.39 is 5.60 Å². The summed E-state index contributed by atoms with van der Waals surface area (Å²) in [6.07, 6.45) is 3.17. The van der Waals surface area contributed by atoms with Crippen LogP contribution in [-0.2, 0) is 4.74 Å². The fraction of sp³-hybridized carbons (Fsp3) is 1.00. The van der Waals surface area contributed by atoms with E-state index in [-0.39, 0.29) is 0 Å². The highest BCUT2D eigenvalue weighted by molar-refractivity contribution is 4.93. The van der Waals surface area contributed by atoms with Crippen molar-refractivity contribution in [1.29, 1.82) is 0 Å². The SMILES string of the molecule is CCOCC(O)(CC)C1CC1. The summed E-state index contributed by atoms with van der Waals surface area (Å²) in [5.74, 6) is 0.513. The maximum Gasteiger partial charge on any atom is 0.0905 e. The van der Waals surface area contributed by atoms with Gasteiger partial charge in [-0.25, -0.2) is 0 Å². The molecular weight excluding hydrogens is 140 g/mol. The van der Waals surface area contributed by atoms with E-state index in [4.69, 9.17) is 4.74 Å². The quantitative estimate of drug-likeness (QED) is 0.658. The fourth-order valence-electron chi connectivity index (χ4n) is 1.41. The van der Waals surface area contributed by atoms with Crippen LogP contribution in [0.3, 0.4) is 0 Å². The molecule has 1 N–H and O–H groups in total. The summed E-state index contributed by atoms with van der Waals surface area (Å²) < 4.78 is 5.24. The third-order valence-corrected chi connectivity index (χ3v) is 2.51. The predicted molar refractivity (Wildman–Crippen MR) is 44.5 cm³/mol. The number of aliphatic hydroxyl groups is 1. The van der Waals surface area contributed by atoms with Crippen molar-refractivity contribution in [3.63, 3.8) is 0 Å². The molecule has 0 amide bonds. The first-order chi connectivity index (χ1) is 5.23. The van der Waals surface area contributed by atoms with Gasteiger partial charge in [0.25, 0.3) is 0 Å². The standard InChI is InChI=1S/C9H18O2/c1-3-9(10,7-11-4-2)8-5-6-8/h8,10H,3-7H2,1-2H3. The van der Waals surface area contributed by atoms with Crippen LogP contribution in [0.1, 0.15) is 33.1 Å². The van der Waals surface area contributed by atoms with E-state index in [1.165, 1.54) is 12.8 Å². The normalized spacial score (nSPS) is 23.2. The third kappa shape index (κ3) is 2.17. The van der Waals surface area contributed by atoms with Gasteiger partial charge in [0.2, 0.25) is 0 Å². The van der Waals surface area contributed by atoms with E-state index in [1.54, 1.807) is 0 Å². The Balaban J connectivity index is 2.31. The minimum Gasteiger partial charge on any atom is -0.387 e. The molecule has 1 fully saturated rings. The van der Waals surface area contributed by atoms with Gasteiger partial charge in [-0.15, -0.1) is 0 Å². The van der Waals surface area contributed by atoms with Crippen LogP contribution >= 0.6 is 0 Å². The molecule has 2 nitrogen and oxygen atoms in total. The Bertz CT molecular complexity index is 121. The van der Waals surface area contributed by atoms with E-state index in [9.17, 15) is 5.11 Å².